The van der Waals surface area contributed by atoms with Crippen LogP contribution < -0.4 is 14.8 Å². The molecule has 7 aliphatic rings. The van der Waals surface area contributed by atoms with Crippen molar-refractivity contribution in [2.45, 2.75) is 55.3 Å². The van der Waals surface area contributed by atoms with Gasteiger partial charge in [0.05, 0.1) is 24.0 Å². The minimum atomic E-state index is -0.923. The Morgan fingerprint density at radius 3 is 2.64 bits per heavy atom. The number of nitrogens with zero attached hydrogens (tertiary/aromatic N) is 2. The predicted octanol–water partition coefficient (Wildman–Crippen LogP) is 5.23. The van der Waals surface area contributed by atoms with Crippen LogP contribution in [0.4, 0.5) is 5.69 Å². The van der Waals surface area contributed by atoms with E-state index in [0.29, 0.717) is 23.2 Å². The Kier molecular flexibility index (Phi) is 5.77. The molecule has 1 aromatic heterocycles. The number of rotatable bonds is 8. The number of hydrogen-bond donors (Lipinski definition) is 1. The molecule has 3 aromatic rings. The lowest BCUT2D eigenvalue weighted by molar-refractivity contribution is -0.206. The highest BCUT2D eigenvalue weighted by atomic mass is 16.6. The standard InChI is InChI=1S/C37H37N3O5/c1-43-28-12-9-24-18-29-35-13-14-37(44-2,34-36(35,30(24)32(28)45-34)15-17-40(29)21-22-5-6-22)27(19-35)31(41)23-7-10-26(11-8-23)39-33(42)25-4-3-16-38-20-25/h3-4,7-14,16,20,22,27,29,34H,5-6,15,17-19,21H2,1-2H3,(H,39,42)/t27-,29-,34-,35-,36+,37-/m1/s1. The normalized spacial score (nSPS) is 33.3. The second kappa shape index (κ2) is 9.50. The van der Waals surface area contributed by atoms with Crippen molar-refractivity contribution in [2.24, 2.45) is 17.3 Å². The molecule has 8 heteroatoms. The van der Waals surface area contributed by atoms with Crippen LogP contribution in [0.1, 0.15) is 57.5 Å². The highest BCUT2D eigenvalue weighted by Gasteiger charge is 2.80. The largest absolute Gasteiger partial charge is 0.493 e. The van der Waals surface area contributed by atoms with Crippen LogP contribution in [-0.4, -0.2) is 66.6 Å². The molecule has 0 unspecified atom stereocenters. The van der Waals surface area contributed by atoms with Crippen LogP contribution in [-0.2, 0) is 16.6 Å². The molecule has 45 heavy (non-hydrogen) atoms. The number of methoxy groups -OCH3 is 2. The van der Waals surface area contributed by atoms with Gasteiger partial charge in [-0.1, -0.05) is 18.2 Å². The maximum atomic E-state index is 14.7. The molecular formula is C37H37N3O5. The van der Waals surface area contributed by atoms with Crippen molar-refractivity contribution in [1.82, 2.24) is 9.88 Å². The van der Waals surface area contributed by atoms with Crippen LogP contribution in [0, 0.1) is 17.3 Å². The Bertz CT molecular complexity index is 1750. The van der Waals surface area contributed by atoms with Crippen molar-refractivity contribution >= 4 is 17.4 Å². The molecule has 1 amide bonds. The average molecular weight is 604 g/mol. The molecule has 1 saturated heterocycles. The van der Waals surface area contributed by atoms with E-state index in [1.54, 1.807) is 44.7 Å². The summed E-state index contributed by atoms with van der Waals surface area (Å²) in [5, 5.41) is 2.91. The molecule has 3 fully saturated rings. The van der Waals surface area contributed by atoms with Crippen molar-refractivity contribution in [2.75, 3.05) is 32.6 Å². The van der Waals surface area contributed by atoms with E-state index in [-0.39, 0.29) is 34.7 Å². The van der Waals surface area contributed by atoms with E-state index in [0.717, 1.165) is 43.3 Å². The van der Waals surface area contributed by atoms with Gasteiger partial charge in [-0.3, -0.25) is 19.5 Å². The quantitative estimate of drug-likeness (QED) is 0.279. The highest BCUT2D eigenvalue weighted by molar-refractivity contribution is 6.04. The first kappa shape index (κ1) is 27.3. The van der Waals surface area contributed by atoms with Crippen LogP contribution in [0.5, 0.6) is 11.5 Å². The third-order valence-electron chi connectivity index (χ3n) is 12.0. The third-order valence-corrected chi connectivity index (χ3v) is 12.0. The summed E-state index contributed by atoms with van der Waals surface area (Å²) in [4.78, 5) is 34.1. The van der Waals surface area contributed by atoms with Crippen LogP contribution in [0.3, 0.4) is 0 Å². The maximum Gasteiger partial charge on any atom is 0.257 e. The van der Waals surface area contributed by atoms with Crippen molar-refractivity contribution < 1.29 is 23.8 Å². The lowest BCUT2D eigenvalue weighted by Crippen LogP contribution is -2.79. The lowest BCUT2D eigenvalue weighted by Gasteiger charge is -2.71. The number of benzene rings is 2. The molecule has 0 radical (unpaired) electrons. The zero-order valence-electron chi connectivity index (χ0n) is 25.6. The van der Waals surface area contributed by atoms with Gasteiger partial charge < -0.3 is 19.5 Å². The molecular weight excluding hydrogens is 566 g/mol. The van der Waals surface area contributed by atoms with Gasteiger partial charge in [-0.2, -0.15) is 0 Å². The second-order valence-corrected chi connectivity index (χ2v) is 13.8. The molecule has 1 N–H and O–H groups in total. The smallest absolute Gasteiger partial charge is 0.257 e. The lowest BCUT2D eigenvalue weighted by atomic mass is 9.36. The maximum absolute atomic E-state index is 14.7. The number of likely N-dealkylation sites (tertiary alicyclic amines) is 1. The number of anilines is 1. The Morgan fingerprint density at radius 2 is 1.91 bits per heavy atom. The molecule has 3 heterocycles. The summed E-state index contributed by atoms with van der Waals surface area (Å²) in [6, 6.07) is 15.3. The summed E-state index contributed by atoms with van der Waals surface area (Å²) >= 11 is 0. The van der Waals surface area contributed by atoms with Crippen LogP contribution in [0.2, 0.25) is 0 Å². The first-order valence-electron chi connectivity index (χ1n) is 16.2. The van der Waals surface area contributed by atoms with Crippen molar-refractivity contribution in [3.05, 3.63) is 95.3 Å². The van der Waals surface area contributed by atoms with Crippen molar-refractivity contribution in [3.8, 4) is 11.5 Å². The van der Waals surface area contributed by atoms with E-state index in [2.05, 4.69) is 33.4 Å². The van der Waals surface area contributed by atoms with Crippen molar-refractivity contribution in [3.63, 3.8) is 0 Å². The van der Waals surface area contributed by atoms with E-state index in [9.17, 15) is 9.59 Å². The van der Waals surface area contributed by atoms with Crippen LogP contribution >= 0.6 is 0 Å². The number of carbonyl (C=O) groups is 2. The number of fused-ring (bicyclic) bond motifs is 1. The molecule has 6 atom stereocenters. The molecule has 8 nitrogen and oxygen atoms in total. The fourth-order valence-electron chi connectivity index (χ4n) is 9.85. The summed E-state index contributed by atoms with van der Waals surface area (Å²) in [5.41, 5.74) is 2.88. The van der Waals surface area contributed by atoms with Gasteiger partial charge in [-0.05, 0) is 92.6 Å². The van der Waals surface area contributed by atoms with Crippen molar-refractivity contribution in [1.29, 1.82) is 0 Å². The monoisotopic (exact) mass is 603 g/mol. The minimum absolute atomic E-state index is 0.0460. The molecule has 2 aliphatic heterocycles. The number of hydrogen-bond acceptors (Lipinski definition) is 7. The molecule has 10 rings (SSSR count). The van der Waals surface area contributed by atoms with E-state index in [1.165, 1.54) is 30.2 Å². The number of ketones is 1. The Balaban J connectivity index is 1.11. The number of piperidine rings is 1. The second-order valence-electron chi connectivity index (χ2n) is 13.8. The van der Waals surface area contributed by atoms with Crippen LogP contribution in [0.15, 0.2) is 73.1 Å². The minimum Gasteiger partial charge on any atom is -0.493 e. The van der Waals surface area contributed by atoms with E-state index >= 15 is 0 Å². The summed E-state index contributed by atoms with van der Waals surface area (Å²) in [6.07, 6.45) is 12.7. The summed E-state index contributed by atoms with van der Waals surface area (Å²) in [7, 11) is 3.43. The predicted molar refractivity (Wildman–Crippen MR) is 168 cm³/mol. The van der Waals surface area contributed by atoms with E-state index in [1.807, 2.05) is 18.2 Å². The first-order valence-corrected chi connectivity index (χ1v) is 16.2. The summed E-state index contributed by atoms with van der Waals surface area (Å²) in [6.45, 7) is 2.15. The van der Waals surface area contributed by atoms with Gasteiger partial charge in [-0.25, -0.2) is 0 Å². The Hall–Kier alpha value is -4.01. The number of pyridine rings is 1. The molecule has 230 valence electrons. The summed E-state index contributed by atoms with van der Waals surface area (Å²) < 4.78 is 19.4. The number of amides is 1. The van der Waals surface area contributed by atoms with E-state index < -0.39 is 11.5 Å². The Labute approximate surface area is 262 Å². The molecule has 4 bridgehead atoms. The van der Waals surface area contributed by atoms with Gasteiger partial charge in [0.1, 0.15) is 11.7 Å². The molecule has 2 aromatic carbocycles. The zero-order chi connectivity index (χ0) is 30.6. The number of carbonyl (C=O) groups excluding carboxylic acids is 2. The SMILES string of the molecule is COc1ccc2c3c1O[C@H]1[C@@]4(OC)C=C[C@@]5(C[C@@H]4C(=O)c4ccc(NC(=O)c6cccnc6)cc4)[C@@H](C2)N(CC2CC2)CC[C@]315. The van der Waals surface area contributed by atoms with Gasteiger partial charge in [0.25, 0.3) is 5.91 Å². The van der Waals surface area contributed by atoms with Gasteiger partial charge in [-0.15, -0.1) is 0 Å². The number of ether oxygens (including phenoxy) is 3. The number of Topliss-reactive ketones (excluding diaryl/α,β-unsaturated/α-hetero) is 1. The van der Waals surface area contributed by atoms with Gasteiger partial charge in [0, 0.05) is 54.3 Å². The highest BCUT2D eigenvalue weighted by Crippen LogP contribution is 2.75. The van der Waals surface area contributed by atoms with Gasteiger partial charge in [0.15, 0.2) is 17.3 Å². The van der Waals surface area contributed by atoms with Gasteiger partial charge in [0.2, 0.25) is 0 Å². The fourth-order valence-corrected chi connectivity index (χ4v) is 9.85. The third kappa shape index (κ3) is 3.52. The average Bonchev–Trinajstić information content (AvgIpc) is 3.83. The topological polar surface area (TPSA) is 90.0 Å². The summed E-state index contributed by atoms with van der Waals surface area (Å²) in [5.74, 6) is 1.75. The van der Waals surface area contributed by atoms with Gasteiger partial charge >= 0.3 is 0 Å². The fraction of sp³-hybridized carbons (Fsp3) is 0.432. The molecule has 2 saturated carbocycles. The Morgan fingerprint density at radius 1 is 1.07 bits per heavy atom. The van der Waals surface area contributed by atoms with Crippen LogP contribution in [0.25, 0.3) is 0 Å². The molecule has 2 spiro atoms. The number of aromatic nitrogens is 1. The first-order chi connectivity index (χ1) is 21.9. The van der Waals surface area contributed by atoms with E-state index in [4.69, 9.17) is 14.2 Å². The number of nitrogens with one attached hydrogen (secondary N) is 1. The molecule has 5 aliphatic carbocycles. The zero-order valence-corrected chi connectivity index (χ0v) is 25.6.